The minimum Gasteiger partial charge on any atom is -0.477 e. The van der Waals surface area contributed by atoms with Gasteiger partial charge in [0.25, 0.3) is 11.8 Å². The van der Waals surface area contributed by atoms with Crippen molar-refractivity contribution in [3.8, 4) is 0 Å². The smallest absolute Gasteiger partial charge is 0.352 e. The molecule has 16 heteroatoms. The molecule has 1 fully saturated rings. The molecular weight excluding hydrogens is 510 g/mol. The van der Waals surface area contributed by atoms with E-state index in [1.54, 1.807) is 17.8 Å². The van der Waals surface area contributed by atoms with E-state index in [1.807, 2.05) is 16.4 Å². The normalized spacial score (nSPS) is 19.8. The second-order valence-electron chi connectivity index (χ2n) is 7.86. The lowest BCUT2D eigenvalue weighted by Crippen LogP contribution is -2.71. The molecular formula is C20H20N9O5S2+. The van der Waals surface area contributed by atoms with Crippen LogP contribution in [0.3, 0.4) is 0 Å². The van der Waals surface area contributed by atoms with Crippen LogP contribution in [0.1, 0.15) is 5.69 Å². The molecule has 0 spiro atoms. The quantitative estimate of drug-likeness (QED) is 0.150. The number of nitrogen functional groups attached to an aromatic ring is 1. The summed E-state index contributed by atoms with van der Waals surface area (Å²) in [6.07, 6.45) is 4.91. The summed E-state index contributed by atoms with van der Waals surface area (Å²) in [5.74, 6) is -2.07. The molecule has 5 heterocycles. The Balaban J connectivity index is 1.38. The molecule has 2 amide bonds. The fourth-order valence-corrected chi connectivity index (χ4v) is 5.98. The number of hydrogen-bond acceptors (Lipinski definition) is 11. The molecule has 0 aromatic carbocycles. The first-order valence-corrected chi connectivity index (χ1v) is 12.4. The third kappa shape index (κ3) is 3.93. The predicted molar refractivity (Wildman–Crippen MR) is 128 cm³/mol. The number of aryl methyl sites for hydroxylation is 1. The van der Waals surface area contributed by atoms with E-state index < -0.39 is 29.2 Å². The van der Waals surface area contributed by atoms with Gasteiger partial charge in [0.1, 0.15) is 41.8 Å². The van der Waals surface area contributed by atoms with Gasteiger partial charge in [0.2, 0.25) is 6.20 Å². The summed E-state index contributed by atoms with van der Waals surface area (Å²) in [4.78, 5) is 56.4. The van der Waals surface area contributed by atoms with E-state index in [-0.39, 0.29) is 28.8 Å². The lowest BCUT2D eigenvalue weighted by atomic mass is 10.0. The van der Waals surface area contributed by atoms with Crippen LogP contribution in [-0.2, 0) is 32.8 Å². The van der Waals surface area contributed by atoms with Crippen LogP contribution in [0.4, 0.5) is 5.13 Å². The minimum absolute atomic E-state index is 0.0869. The third-order valence-corrected chi connectivity index (χ3v) is 7.79. The highest BCUT2D eigenvalue weighted by atomic mass is 32.2. The van der Waals surface area contributed by atoms with Crippen LogP contribution in [0.15, 0.2) is 40.5 Å². The maximum atomic E-state index is 13.0. The molecule has 4 N–H and O–H groups in total. The molecule has 1 saturated heterocycles. The number of carbonyl (C=O) groups excluding carboxylic acids is 2. The van der Waals surface area contributed by atoms with Crippen LogP contribution in [0, 0.1) is 0 Å². The zero-order valence-electron chi connectivity index (χ0n) is 19.0. The van der Waals surface area contributed by atoms with Gasteiger partial charge in [-0.15, -0.1) is 27.8 Å². The number of rotatable bonds is 7. The average Bonchev–Trinajstić information content (AvgIpc) is 3.43. The Kier molecular flexibility index (Phi) is 6.05. The molecule has 0 unspecified atom stereocenters. The Morgan fingerprint density at radius 2 is 2.25 bits per heavy atom. The van der Waals surface area contributed by atoms with Crippen molar-refractivity contribution in [2.75, 3.05) is 18.6 Å². The van der Waals surface area contributed by atoms with Crippen molar-refractivity contribution in [2.24, 2.45) is 12.2 Å². The minimum atomic E-state index is -1.22. The second-order valence-corrected chi connectivity index (χ2v) is 9.85. The SMILES string of the molecule is CO/N=C(\C(=O)N[C@@H]1C(=O)N2C(C(=O)O)=C(C[n+]3cc4ncncc4n3C)CS[C@H]12)c1csc(N)n1. The number of fused-ring (bicyclic) bond motifs is 2. The summed E-state index contributed by atoms with van der Waals surface area (Å²) >= 11 is 2.50. The molecule has 186 valence electrons. The molecule has 2 atom stereocenters. The Hall–Kier alpha value is -4.05. The van der Waals surface area contributed by atoms with E-state index in [0.29, 0.717) is 16.8 Å². The van der Waals surface area contributed by atoms with E-state index in [4.69, 9.17) is 10.6 Å². The van der Waals surface area contributed by atoms with Crippen LogP contribution in [0.25, 0.3) is 11.0 Å². The number of carboxylic acid groups (broad SMARTS) is 1. The number of anilines is 1. The van der Waals surface area contributed by atoms with Gasteiger partial charge in [0.15, 0.2) is 22.9 Å². The number of carbonyl (C=O) groups is 3. The molecule has 5 rings (SSSR count). The van der Waals surface area contributed by atoms with Gasteiger partial charge in [0.05, 0.1) is 13.2 Å². The number of nitrogens with one attached hydrogen (secondary N) is 1. The molecule has 3 aromatic heterocycles. The number of nitrogens with zero attached hydrogens (tertiary/aromatic N) is 7. The first kappa shape index (κ1) is 23.7. The van der Waals surface area contributed by atoms with Crippen LogP contribution in [0.5, 0.6) is 0 Å². The maximum Gasteiger partial charge on any atom is 0.352 e. The number of hydrogen-bond donors (Lipinski definition) is 3. The number of amides is 2. The zero-order chi connectivity index (χ0) is 25.6. The highest BCUT2D eigenvalue weighted by Gasteiger charge is 2.55. The number of carboxylic acids is 1. The number of aromatic nitrogens is 5. The topological polar surface area (TPSA) is 182 Å². The van der Waals surface area contributed by atoms with Crippen molar-refractivity contribution >= 4 is 62.8 Å². The molecule has 0 radical (unpaired) electrons. The number of aliphatic carboxylic acids is 1. The van der Waals surface area contributed by atoms with Crippen molar-refractivity contribution in [2.45, 2.75) is 18.0 Å². The largest absolute Gasteiger partial charge is 0.477 e. The van der Waals surface area contributed by atoms with Crippen LogP contribution < -0.4 is 15.7 Å². The summed E-state index contributed by atoms with van der Waals surface area (Å²) < 4.78 is 3.64. The predicted octanol–water partition coefficient (Wildman–Crippen LogP) is -0.916. The van der Waals surface area contributed by atoms with Gasteiger partial charge in [-0.05, 0) is 0 Å². The van der Waals surface area contributed by atoms with E-state index in [9.17, 15) is 19.5 Å². The number of β-lactam (4-membered cyclic amide) rings is 1. The number of oxime groups is 1. The van der Waals surface area contributed by atoms with E-state index in [0.717, 1.165) is 16.9 Å². The van der Waals surface area contributed by atoms with Crippen LogP contribution >= 0.6 is 23.1 Å². The summed E-state index contributed by atoms with van der Waals surface area (Å²) in [5, 5.41) is 17.5. The van der Waals surface area contributed by atoms with Gasteiger partial charge < -0.3 is 21.0 Å². The van der Waals surface area contributed by atoms with Crippen molar-refractivity contribution in [1.82, 2.24) is 29.9 Å². The monoisotopic (exact) mass is 530 g/mol. The summed E-state index contributed by atoms with van der Waals surface area (Å²) in [6.45, 7) is 0.241. The standard InChI is InChI=1S/C20H19N9O5S2/c1-27-12-3-22-8-23-10(12)5-28(27)4-9-6-35-18-14(17(31)29(18)15(9)19(32)33)25-16(30)13(26-34-2)11-7-36-20(21)24-11/h3,5,7-8,14,18H,4,6H2,1-2H3,(H3-,21,24,25,30,32,33)/p+1/b26-13-/t14-,18-/m1/s1. The molecule has 0 bridgehead atoms. The fraction of sp³-hybridized carbons (Fsp3) is 0.300. The number of thioether (sulfide) groups is 1. The first-order valence-electron chi connectivity index (χ1n) is 10.5. The molecule has 0 aliphatic carbocycles. The van der Waals surface area contributed by atoms with Crippen LogP contribution in [0.2, 0.25) is 0 Å². The Labute approximate surface area is 211 Å². The van der Waals surface area contributed by atoms with Gasteiger partial charge in [-0.1, -0.05) is 5.16 Å². The molecule has 3 aromatic rings. The molecule has 2 aliphatic rings. The molecule has 2 aliphatic heterocycles. The molecule has 14 nitrogen and oxygen atoms in total. The highest BCUT2D eigenvalue weighted by Crippen LogP contribution is 2.40. The van der Waals surface area contributed by atoms with E-state index >= 15 is 0 Å². The van der Waals surface area contributed by atoms with Gasteiger partial charge >= 0.3 is 5.97 Å². The fourth-order valence-electron chi connectivity index (χ4n) is 4.10. The Morgan fingerprint density at radius 1 is 1.44 bits per heavy atom. The summed E-state index contributed by atoms with van der Waals surface area (Å²) in [6, 6.07) is -0.933. The van der Waals surface area contributed by atoms with Crippen LogP contribution in [-0.4, -0.2) is 77.4 Å². The van der Waals surface area contributed by atoms with E-state index in [2.05, 4.69) is 25.4 Å². The van der Waals surface area contributed by atoms with Gasteiger partial charge in [-0.3, -0.25) is 14.5 Å². The maximum absolute atomic E-state index is 13.0. The first-order chi connectivity index (χ1) is 17.3. The summed E-state index contributed by atoms with van der Waals surface area (Å²) in [7, 11) is 3.10. The Bertz CT molecular complexity index is 1460. The number of thiazole rings is 1. The van der Waals surface area contributed by atoms with Crippen molar-refractivity contribution < 1.29 is 29.0 Å². The zero-order valence-corrected chi connectivity index (χ0v) is 20.6. The average molecular weight is 531 g/mol. The lowest BCUT2D eigenvalue weighted by Gasteiger charge is -2.49. The third-order valence-electron chi connectivity index (χ3n) is 5.78. The van der Waals surface area contributed by atoms with Crippen molar-refractivity contribution in [3.63, 3.8) is 0 Å². The van der Waals surface area contributed by atoms with Crippen molar-refractivity contribution in [1.29, 1.82) is 0 Å². The van der Waals surface area contributed by atoms with Gasteiger partial charge in [-0.2, -0.15) is 4.68 Å². The van der Waals surface area contributed by atoms with Gasteiger partial charge in [0, 0.05) is 16.7 Å². The summed E-state index contributed by atoms with van der Waals surface area (Å²) in [5.41, 5.74) is 7.70. The van der Waals surface area contributed by atoms with E-state index in [1.165, 1.54) is 30.1 Å². The Morgan fingerprint density at radius 3 is 2.92 bits per heavy atom. The second kappa shape index (κ2) is 9.19. The molecule has 36 heavy (non-hydrogen) atoms. The van der Waals surface area contributed by atoms with Crippen molar-refractivity contribution in [3.05, 3.63) is 41.1 Å². The highest BCUT2D eigenvalue weighted by molar-refractivity contribution is 8.00. The number of nitrogens with two attached hydrogens (primary N) is 1. The lowest BCUT2D eigenvalue weighted by molar-refractivity contribution is -0.764. The van der Waals surface area contributed by atoms with Gasteiger partial charge in [-0.25, -0.2) is 19.7 Å². The molecule has 0 saturated carbocycles.